The molecule has 0 radical (unpaired) electrons. The van der Waals surface area contributed by atoms with Gasteiger partial charge < -0.3 is 5.21 Å². The zero-order valence-corrected chi connectivity index (χ0v) is 8.18. The number of hydroxylamine groups is 2. The molecule has 0 saturated carbocycles. The topological polar surface area (TPSA) is 66.5 Å². The molecule has 2 rings (SSSR count). The Morgan fingerprint density at radius 1 is 1.64 bits per heavy atom. The summed E-state index contributed by atoms with van der Waals surface area (Å²) in [4.78, 5) is 8.04. The minimum atomic E-state index is 0.251. The van der Waals surface area contributed by atoms with Crippen molar-refractivity contribution in [3.63, 3.8) is 0 Å². The second kappa shape index (κ2) is 3.49. The molecule has 2 heterocycles. The van der Waals surface area contributed by atoms with E-state index in [2.05, 4.69) is 15.1 Å². The van der Waals surface area contributed by atoms with E-state index in [1.54, 1.807) is 6.20 Å². The van der Waals surface area contributed by atoms with Crippen molar-refractivity contribution in [1.82, 2.24) is 24.6 Å². The van der Waals surface area contributed by atoms with Gasteiger partial charge in [0.15, 0.2) is 5.82 Å². The van der Waals surface area contributed by atoms with Gasteiger partial charge >= 0.3 is 0 Å². The van der Waals surface area contributed by atoms with E-state index in [1.807, 2.05) is 0 Å². The molecule has 0 aliphatic carbocycles. The molecule has 1 N–H and O–H groups in total. The van der Waals surface area contributed by atoms with Gasteiger partial charge in [0.25, 0.3) is 5.78 Å². The molecule has 0 atom stereocenters. The summed E-state index contributed by atoms with van der Waals surface area (Å²) in [6.07, 6.45) is 3.11. The number of hydrogen-bond acceptors (Lipinski definition) is 5. The molecule has 0 fully saturated rings. The second-order valence-electron chi connectivity index (χ2n) is 2.86. The third kappa shape index (κ3) is 1.82. The third-order valence-corrected chi connectivity index (χ3v) is 1.77. The molecule has 14 heavy (non-hydrogen) atoms. The smallest absolute Gasteiger partial charge is 0.252 e. The monoisotopic (exact) mass is 213 g/mol. The Labute approximate surface area is 84.7 Å². The van der Waals surface area contributed by atoms with Gasteiger partial charge in [-0.2, -0.15) is 10.0 Å². The molecular weight excluding hydrogens is 206 g/mol. The van der Waals surface area contributed by atoms with Crippen LogP contribution in [-0.2, 0) is 6.54 Å². The molecule has 2 aromatic heterocycles. The largest absolute Gasteiger partial charge is 0.314 e. The fraction of sp³-hybridized carbons (Fsp3) is 0.286. The van der Waals surface area contributed by atoms with Crippen LogP contribution in [-0.4, -0.2) is 36.9 Å². The van der Waals surface area contributed by atoms with Gasteiger partial charge in [-0.3, -0.25) is 0 Å². The molecule has 0 aliphatic rings. The third-order valence-electron chi connectivity index (χ3n) is 1.58. The van der Waals surface area contributed by atoms with Crippen LogP contribution in [0.15, 0.2) is 12.4 Å². The van der Waals surface area contributed by atoms with E-state index >= 15 is 0 Å². The van der Waals surface area contributed by atoms with Crippen molar-refractivity contribution in [2.45, 2.75) is 6.54 Å². The normalized spacial score (nSPS) is 11.4. The summed E-state index contributed by atoms with van der Waals surface area (Å²) in [5.74, 6) is 0.955. The molecule has 0 amide bonds. The predicted molar refractivity (Wildman–Crippen MR) is 49.0 cm³/mol. The lowest BCUT2D eigenvalue weighted by molar-refractivity contribution is -0.0749. The summed E-state index contributed by atoms with van der Waals surface area (Å²) < 4.78 is 1.47. The maximum atomic E-state index is 8.98. The highest BCUT2D eigenvalue weighted by atomic mass is 35.5. The lowest BCUT2D eigenvalue weighted by Crippen LogP contribution is -2.12. The van der Waals surface area contributed by atoms with Crippen molar-refractivity contribution < 1.29 is 5.21 Å². The quantitative estimate of drug-likeness (QED) is 0.740. The van der Waals surface area contributed by atoms with E-state index in [0.717, 1.165) is 5.06 Å². The Morgan fingerprint density at radius 3 is 3.14 bits per heavy atom. The average molecular weight is 214 g/mol. The second-order valence-corrected chi connectivity index (χ2v) is 3.30. The lowest BCUT2D eigenvalue weighted by Gasteiger charge is -2.01. The van der Waals surface area contributed by atoms with Crippen LogP contribution < -0.4 is 0 Å². The number of hydrogen-bond donors (Lipinski definition) is 1. The van der Waals surface area contributed by atoms with Crippen LogP contribution in [0.25, 0.3) is 5.78 Å². The van der Waals surface area contributed by atoms with E-state index < -0.39 is 0 Å². The molecule has 74 valence electrons. The van der Waals surface area contributed by atoms with Crippen molar-refractivity contribution in [3.8, 4) is 0 Å². The SMILES string of the molecule is CN(O)Cc1nc2ncc(Cl)cn2n1. The van der Waals surface area contributed by atoms with Gasteiger partial charge in [-0.15, -0.1) is 5.10 Å². The van der Waals surface area contributed by atoms with Gasteiger partial charge in [-0.1, -0.05) is 11.6 Å². The highest BCUT2D eigenvalue weighted by molar-refractivity contribution is 6.30. The first-order valence-electron chi connectivity index (χ1n) is 3.92. The summed E-state index contributed by atoms with van der Waals surface area (Å²) in [5, 5.41) is 14.5. The first kappa shape index (κ1) is 9.32. The van der Waals surface area contributed by atoms with Gasteiger partial charge in [0.05, 0.1) is 24.0 Å². The maximum Gasteiger partial charge on any atom is 0.252 e. The summed E-state index contributed by atoms with van der Waals surface area (Å²) in [6.45, 7) is 0.251. The van der Waals surface area contributed by atoms with E-state index in [-0.39, 0.29) is 6.54 Å². The molecule has 7 heteroatoms. The Hall–Kier alpha value is -1.24. The van der Waals surface area contributed by atoms with Crippen molar-refractivity contribution in [2.75, 3.05) is 7.05 Å². The Kier molecular flexibility index (Phi) is 2.32. The summed E-state index contributed by atoms with van der Waals surface area (Å²) >= 11 is 5.72. The molecule has 0 unspecified atom stereocenters. The highest BCUT2D eigenvalue weighted by Crippen LogP contribution is 2.06. The van der Waals surface area contributed by atoms with Crippen LogP contribution in [0.1, 0.15) is 5.82 Å². The first-order chi connectivity index (χ1) is 6.65. The van der Waals surface area contributed by atoms with Gasteiger partial charge in [0.1, 0.15) is 0 Å². The fourth-order valence-corrected chi connectivity index (χ4v) is 1.22. The molecule has 6 nitrogen and oxygen atoms in total. The number of fused-ring (bicyclic) bond motifs is 1. The minimum Gasteiger partial charge on any atom is -0.314 e. The van der Waals surface area contributed by atoms with Crippen molar-refractivity contribution in [2.24, 2.45) is 0 Å². The summed E-state index contributed by atoms with van der Waals surface area (Å²) in [5.41, 5.74) is 0. The number of aromatic nitrogens is 4. The molecule has 0 spiro atoms. The zero-order chi connectivity index (χ0) is 10.1. The van der Waals surface area contributed by atoms with Gasteiger partial charge in [0.2, 0.25) is 0 Å². The number of nitrogens with zero attached hydrogens (tertiary/aromatic N) is 5. The Balaban J connectivity index is 2.41. The van der Waals surface area contributed by atoms with Crippen LogP contribution in [0.4, 0.5) is 0 Å². The molecule has 0 aromatic carbocycles. The average Bonchev–Trinajstić information content (AvgIpc) is 2.44. The molecule has 0 bridgehead atoms. The van der Waals surface area contributed by atoms with Crippen LogP contribution >= 0.6 is 11.6 Å². The lowest BCUT2D eigenvalue weighted by atomic mass is 10.6. The fourth-order valence-electron chi connectivity index (χ4n) is 1.07. The van der Waals surface area contributed by atoms with E-state index in [9.17, 15) is 0 Å². The van der Waals surface area contributed by atoms with Crippen molar-refractivity contribution in [3.05, 3.63) is 23.2 Å². The Bertz CT molecular complexity index is 454. The summed E-state index contributed by atoms with van der Waals surface area (Å²) in [7, 11) is 1.52. The van der Waals surface area contributed by atoms with Crippen LogP contribution in [0.3, 0.4) is 0 Å². The summed E-state index contributed by atoms with van der Waals surface area (Å²) in [6, 6.07) is 0. The van der Waals surface area contributed by atoms with Gasteiger partial charge in [-0.25, -0.2) is 9.50 Å². The number of halogens is 1. The van der Waals surface area contributed by atoms with E-state index in [0.29, 0.717) is 16.6 Å². The zero-order valence-electron chi connectivity index (χ0n) is 7.42. The van der Waals surface area contributed by atoms with Crippen LogP contribution in [0.2, 0.25) is 5.02 Å². The molecule has 2 aromatic rings. The van der Waals surface area contributed by atoms with E-state index in [4.69, 9.17) is 16.8 Å². The Morgan fingerprint density at radius 2 is 2.43 bits per heavy atom. The standard InChI is InChI=1S/C7H8ClN5O/c1-12(14)4-6-10-7-9-2-5(8)3-13(7)11-6/h2-3,14H,4H2,1H3. The minimum absolute atomic E-state index is 0.251. The highest BCUT2D eigenvalue weighted by Gasteiger charge is 2.06. The van der Waals surface area contributed by atoms with Crippen molar-refractivity contribution >= 4 is 17.4 Å². The van der Waals surface area contributed by atoms with Gasteiger partial charge in [0, 0.05) is 7.05 Å². The molecule has 0 saturated heterocycles. The first-order valence-corrected chi connectivity index (χ1v) is 4.30. The van der Waals surface area contributed by atoms with E-state index in [1.165, 1.54) is 17.8 Å². The van der Waals surface area contributed by atoms with Crippen LogP contribution in [0, 0.1) is 0 Å². The van der Waals surface area contributed by atoms with Gasteiger partial charge in [-0.05, 0) is 0 Å². The molecule has 0 aliphatic heterocycles. The predicted octanol–water partition coefficient (Wildman–Crippen LogP) is 0.599. The maximum absolute atomic E-state index is 8.98. The van der Waals surface area contributed by atoms with Crippen LogP contribution in [0.5, 0.6) is 0 Å². The molecular formula is C7H8ClN5O. The van der Waals surface area contributed by atoms with Crippen molar-refractivity contribution in [1.29, 1.82) is 0 Å². The number of rotatable bonds is 2.